The topological polar surface area (TPSA) is 41.1 Å². The molecule has 0 fully saturated rings. The summed E-state index contributed by atoms with van der Waals surface area (Å²) < 4.78 is 0. The zero-order chi connectivity index (χ0) is 13.9. The number of carbonyl (C=O) groups is 1. The Labute approximate surface area is 116 Å². The minimum atomic E-state index is 0.0524. The summed E-state index contributed by atoms with van der Waals surface area (Å²) in [5, 5.41) is 6.05. The van der Waals surface area contributed by atoms with Gasteiger partial charge < -0.3 is 10.6 Å². The zero-order valence-electron chi connectivity index (χ0n) is 12.2. The Morgan fingerprint density at radius 2 is 1.74 bits per heavy atom. The average molecular weight is 262 g/mol. The van der Waals surface area contributed by atoms with Crippen LogP contribution in [0.1, 0.15) is 44.6 Å². The smallest absolute Gasteiger partial charge is 0.224 e. The van der Waals surface area contributed by atoms with Gasteiger partial charge in [-0.2, -0.15) is 0 Å². The van der Waals surface area contributed by atoms with E-state index in [-0.39, 0.29) is 5.91 Å². The van der Waals surface area contributed by atoms with Gasteiger partial charge in [-0.15, -0.1) is 0 Å². The Bertz CT molecular complexity index is 360. The van der Waals surface area contributed by atoms with Crippen molar-refractivity contribution in [3.05, 3.63) is 29.8 Å². The van der Waals surface area contributed by atoms with Gasteiger partial charge >= 0.3 is 0 Å². The second-order valence-corrected chi connectivity index (χ2v) is 4.89. The van der Waals surface area contributed by atoms with E-state index in [2.05, 4.69) is 17.6 Å². The molecular weight excluding hydrogens is 236 g/mol. The molecule has 0 saturated heterocycles. The summed E-state index contributed by atoms with van der Waals surface area (Å²) in [5.74, 6) is 0.0524. The van der Waals surface area contributed by atoms with Crippen molar-refractivity contribution in [2.75, 3.05) is 18.9 Å². The minimum absolute atomic E-state index is 0.0524. The third-order valence-corrected chi connectivity index (χ3v) is 3.21. The van der Waals surface area contributed by atoms with E-state index in [4.69, 9.17) is 0 Å². The second kappa shape index (κ2) is 9.42. The van der Waals surface area contributed by atoms with Crippen LogP contribution in [0.15, 0.2) is 24.3 Å². The number of amides is 1. The number of anilines is 1. The van der Waals surface area contributed by atoms with Crippen molar-refractivity contribution >= 4 is 11.6 Å². The highest BCUT2D eigenvalue weighted by Crippen LogP contribution is 2.11. The van der Waals surface area contributed by atoms with Gasteiger partial charge in [0.25, 0.3) is 0 Å². The maximum Gasteiger partial charge on any atom is 0.224 e. The predicted molar refractivity (Wildman–Crippen MR) is 81.5 cm³/mol. The van der Waals surface area contributed by atoms with Crippen LogP contribution in [0.2, 0.25) is 0 Å². The molecule has 0 aromatic heterocycles. The maximum absolute atomic E-state index is 11.2. The fourth-order valence-corrected chi connectivity index (χ4v) is 1.98. The fraction of sp³-hybridized carbons (Fsp3) is 0.562. The van der Waals surface area contributed by atoms with Crippen LogP contribution >= 0.6 is 0 Å². The van der Waals surface area contributed by atoms with Gasteiger partial charge in [0.05, 0.1) is 6.42 Å². The molecule has 1 rings (SSSR count). The zero-order valence-corrected chi connectivity index (χ0v) is 12.2. The predicted octanol–water partition coefficient (Wildman–Crippen LogP) is 3.36. The first kappa shape index (κ1) is 15.5. The molecule has 0 spiro atoms. The van der Waals surface area contributed by atoms with Crippen LogP contribution in [0.5, 0.6) is 0 Å². The molecule has 1 aromatic carbocycles. The summed E-state index contributed by atoms with van der Waals surface area (Å²) in [6.45, 7) is 3.26. The van der Waals surface area contributed by atoms with E-state index < -0.39 is 0 Å². The number of hydrogen-bond acceptors (Lipinski definition) is 2. The van der Waals surface area contributed by atoms with E-state index in [0.717, 1.165) is 17.8 Å². The van der Waals surface area contributed by atoms with Crippen molar-refractivity contribution in [3.8, 4) is 0 Å². The molecule has 0 saturated carbocycles. The van der Waals surface area contributed by atoms with E-state index in [1.54, 1.807) is 7.05 Å². The Hall–Kier alpha value is -1.51. The quantitative estimate of drug-likeness (QED) is 0.670. The SMILES string of the molecule is CCCCCCCNc1ccc(CC(=O)NC)cc1. The summed E-state index contributed by atoms with van der Waals surface area (Å²) in [7, 11) is 1.66. The number of rotatable bonds is 9. The van der Waals surface area contributed by atoms with Crippen LogP contribution in [0.4, 0.5) is 5.69 Å². The number of carbonyl (C=O) groups excluding carboxylic acids is 1. The summed E-state index contributed by atoms with van der Waals surface area (Å²) >= 11 is 0. The molecule has 0 unspecified atom stereocenters. The fourth-order valence-electron chi connectivity index (χ4n) is 1.98. The summed E-state index contributed by atoms with van der Waals surface area (Å²) in [6.07, 6.45) is 6.95. The standard InChI is InChI=1S/C16H26N2O/c1-3-4-5-6-7-12-18-15-10-8-14(9-11-15)13-16(19)17-2/h8-11,18H,3-7,12-13H2,1-2H3,(H,17,19). The number of benzene rings is 1. The number of hydrogen-bond donors (Lipinski definition) is 2. The summed E-state index contributed by atoms with van der Waals surface area (Å²) in [6, 6.07) is 8.11. The van der Waals surface area contributed by atoms with Crippen molar-refractivity contribution < 1.29 is 4.79 Å². The first-order valence-electron chi connectivity index (χ1n) is 7.29. The lowest BCUT2D eigenvalue weighted by Gasteiger charge is -2.07. The Kier molecular flexibility index (Phi) is 7.71. The molecule has 3 heteroatoms. The monoisotopic (exact) mass is 262 g/mol. The molecule has 0 atom stereocenters. The maximum atomic E-state index is 11.2. The van der Waals surface area contributed by atoms with Crippen LogP contribution in [-0.2, 0) is 11.2 Å². The van der Waals surface area contributed by atoms with Crippen molar-refractivity contribution in [1.82, 2.24) is 5.32 Å². The van der Waals surface area contributed by atoms with E-state index in [1.165, 1.54) is 32.1 Å². The molecule has 3 nitrogen and oxygen atoms in total. The van der Waals surface area contributed by atoms with Crippen molar-refractivity contribution in [2.24, 2.45) is 0 Å². The van der Waals surface area contributed by atoms with Gasteiger partial charge in [0.1, 0.15) is 0 Å². The molecular formula is C16H26N2O. The van der Waals surface area contributed by atoms with Crippen LogP contribution in [0.25, 0.3) is 0 Å². The highest BCUT2D eigenvalue weighted by atomic mass is 16.1. The Morgan fingerprint density at radius 1 is 1.05 bits per heavy atom. The molecule has 19 heavy (non-hydrogen) atoms. The third kappa shape index (κ3) is 6.85. The van der Waals surface area contributed by atoms with Gasteiger partial charge in [0.15, 0.2) is 0 Å². The van der Waals surface area contributed by atoms with E-state index >= 15 is 0 Å². The molecule has 0 radical (unpaired) electrons. The second-order valence-electron chi connectivity index (χ2n) is 4.89. The molecule has 106 valence electrons. The number of likely N-dealkylation sites (N-methyl/N-ethyl adjacent to an activating group) is 1. The Morgan fingerprint density at radius 3 is 2.37 bits per heavy atom. The molecule has 0 aliphatic carbocycles. The largest absolute Gasteiger partial charge is 0.385 e. The minimum Gasteiger partial charge on any atom is -0.385 e. The van der Waals surface area contributed by atoms with Gasteiger partial charge in [-0.3, -0.25) is 4.79 Å². The lowest BCUT2D eigenvalue weighted by Crippen LogP contribution is -2.19. The summed E-state index contributed by atoms with van der Waals surface area (Å²) in [5.41, 5.74) is 2.18. The van der Waals surface area contributed by atoms with Gasteiger partial charge in [-0.05, 0) is 24.1 Å². The molecule has 1 aromatic rings. The highest BCUT2D eigenvalue weighted by Gasteiger charge is 2.00. The number of unbranched alkanes of at least 4 members (excludes halogenated alkanes) is 4. The third-order valence-electron chi connectivity index (χ3n) is 3.21. The average Bonchev–Trinajstić information content (AvgIpc) is 2.44. The first-order chi connectivity index (χ1) is 9.26. The normalized spacial score (nSPS) is 10.2. The molecule has 0 bridgehead atoms. The van der Waals surface area contributed by atoms with E-state index in [0.29, 0.717) is 6.42 Å². The van der Waals surface area contributed by atoms with Crippen molar-refractivity contribution in [3.63, 3.8) is 0 Å². The van der Waals surface area contributed by atoms with E-state index in [9.17, 15) is 4.79 Å². The molecule has 0 aliphatic rings. The van der Waals surface area contributed by atoms with Crippen LogP contribution in [0.3, 0.4) is 0 Å². The van der Waals surface area contributed by atoms with Crippen molar-refractivity contribution in [2.45, 2.75) is 45.4 Å². The van der Waals surface area contributed by atoms with E-state index in [1.807, 2.05) is 24.3 Å². The van der Waals surface area contributed by atoms with Gasteiger partial charge in [0.2, 0.25) is 5.91 Å². The number of nitrogens with one attached hydrogen (secondary N) is 2. The van der Waals surface area contributed by atoms with Crippen LogP contribution in [-0.4, -0.2) is 19.5 Å². The molecule has 1 amide bonds. The van der Waals surface area contributed by atoms with Gasteiger partial charge in [-0.25, -0.2) is 0 Å². The Balaban J connectivity index is 2.22. The molecule has 2 N–H and O–H groups in total. The highest BCUT2D eigenvalue weighted by molar-refractivity contribution is 5.78. The van der Waals surface area contributed by atoms with Crippen LogP contribution < -0.4 is 10.6 Å². The summed E-state index contributed by atoms with van der Waals surface area (Å²) in [4.78, 5) is 11.2. The first-order valence-corrected chi connectivity index (χ1v) is 7.29. The van der Waals surface area contributed by atoms with Crippen LogP contribution in [0, 0.1) is 0 Å². The van der Waals surface area contributed by atoms with Crippen molar-refractivity contribution in [1.29, 1.82) is 0 Å². The van der Waals surface area contributed by atoms with Gasteiger partial charge in [-0.1, -0.05) is 44.7 Å². The molecule has 0 aliphatic heterocycles. The molecule has 0 heterocycles. The lowest BCUT2D eigenvalue weighted by molar-refractivity contribution is -0.119. The van der Waals surface area contributed by atoms with Gasteiger partial charge in [0, 0.05) is 19.3 Å². The lowest BCUT2D eigenvalue weighted by atomic mass is 10.1.